The van der Waals surface area contributed by atoms with Gasteiger partial charge in [0.25, 0.3) is 8.32 Å². The van der Waals surface area contributed by atoms with Gasteiger partial charge >= 0.3 is 6.09 Å². The number of anilines is 2. The second kappa shape index (κ2) is 15.1. The molecule has 3 N–H and O–H groups in total. The second-order valence-corrected chi connectivity index (χ2v) is 17.2. The lowest BCUT2D eigenvalue weighted by molar-refractivity contribution is 0.209. The number of carbonyl (C=O) groups is 1. The number of aromatic nitrogens is 6. The first-order valence-electron chi connectivity index (χ1n) is 15.9. The molecule has 0 saturated carbocycles. The molecule has 0 spiro atoms. The maximum atomic E-state index is 11.6. The predicted octanol–water partition coefficient (Wildman–Crippen LogP) is 5.96. The molecule has 5 aromatic rings. The van der Waals surface area contributed by atoms with Crippen LogP contribution in [0.5, 0.6) is 5.75 Å². The van der Waals surface area contributed by atoms with Crippen molar-refractivity contribution >= 4 is 59.2 Å². The Morgan fingerprint density at radius 2 is 1.69 bits per heavy atom. The molecule has 3 aromatic heterocycles. The molecule has 2 aromatic carbocycles. The van der Waals surface area contributed by atoms with Gasteiger partial charge in [-0.05, 0) is 28.3 Å². The lowest BCUT2D eigenvalue weighted by Crippen LogP contribution is -2.66. The highest BCUT2D eigenvalue weighted by atomic mass is 35.5. The van der Waals surface area contributed by atoms with Crippen molar-refractivity contribution in [2.45, 2.75) is 64.6 Å². The van der Waals surface area contributed by atoms with Gasteiger partial charge in [-0.25, -0.2) is 9.78 Å². The number of benzene rings is 2. The molecule has 3 heterocycles. The molecule has 14 heteroatoms. The van der Waals surface area contributed by atoms with Gasteiger partial charge in [0.1, 0.15) is 22.5 Å². The van der Waals surface area contributed by atoms with E-state index in [2.05, 4.69) is 112 Å². The Labute approximate surface area is 286 Å². The lowest BCUT2D eigenvalue weighted by Gasteiger charge is -2.43. The first-order chi connectivity index (χ1) is 23.1. The normalized spacial score (nSPS) is 12.5. The summed E-state index contributed by atoms with van der Waals surface area (Å²) in [5.41, 5.74) is 1.55. The van der Waals surface area contributed by atoms with E-state index in [1.807, 2.05) is 12.1 Å². The fourth-order valence-corrected chi connectivity index (χ4v) is 10.8. The second-order valence-electron chi connectivity index (χ2n) is 12.5. The summed E-state index contributed by atoms with van der Waals surface area (Å²) in [6.07, 6.45) is 2.70. The third kappa shape index (κ3) is 7.59. The third-order valence-electron chi connectivity index (χ3n) is 8.21. The van der Waals surface area contributed by atoms with E-state index in [0.717, 1.165) is 12.8 Å². The van der Waals surface area contributed by atoms with Gasteiger partial charge < -0.3 is 19.6 Å². The fourth-order valence-electron chi connectivity index (χ4n) is 6.12. The molecule has 12 nitrogen and oxygen atoms in total. The molecular formula is C34H41ClN8O4Si. The topological polar surface area (TPSA) is 149 Å². The molecular weight excluding hydrogens is 648 g/mol. The van der Waals surface area contributed by atoms with Crippen LogP contribution in [-0.4, -0.2) is 69.2 Å². The summed E-state index contributed by atoms with van der Waals surface area (Å²) in [6, 6.07) is 22.6. The van der Waals surface area contributed by atoms with Gasteiger partial charge in [0.15, 0.2) is 11.0 Å². The van der Waals surface area contributed by atoms with Gasteiger partial charge in [-0.1, -0.05) is 106 Å². The molecule has 0 aliphatic carbocycles. The molecule has 0 saturated heterocycles. The summed E-state index contributed by atoms with van der Waals surface area (Å²) in [5.74, 6) is 0.841. The van der Waals surface area contributed by atoms with Crippen LogP contribution in [0.25, 0.3) is 11.0 Å². The zero-order valence-corrected chi connectivity index (χ0v) is 29.5. The number of ether oxygens (including phenoxy) is 1. The van der Waals surface area contributed by atoms with Crippen LogP contribution in [0.1, 0.15) is 52.7 Å². The van der Waals surface area contributed by atoms with E-state index >= 15 is 0 Å². The minimum Gasteiger partial charge on any atom is -0.495 e. The Morgan fingerprint density at radius 3 is 2.27 bits per heavy atom. The molecule has 0 fully saturated rings. The molecule has 1 atom stereocenters. The molecule has 0 aliphatic rings. The van der Waals surface area contributed by atoms with Crippen molar-refractivity contribution in [2.75, 3.05) is 24.4 Å². The van der Waals surface area contributed by atoms with Gasteiger partial charge in [0.2, 0.25) is 5.95 Å². The quantitative estimate of drug-likeness (QED) is 0.119. The number of methoxy groups -OCH3 is 1. The van der Waals surface area contributed by atoms with Crippen molar-refractivity contribution in [1.29, 1.82) is 0 Å². The molecule has 0 radical (unpaired) electrons. The van der Waals surface area contributed by atoms with E-state index in [4.69, 9.17) is 20.8 Å². The standard InChI is InChI=1S/C34H41ClN8O4Si/c1-6-13-23(18-19-47-48(34(2,3)4,24-14-9-7-10-15-24)25-16-11-8-12-17-25)37-31-30-26(38-32(39-31)40-33(44)45)21-36-43(30)22-27-28(46-5)20-29(35)42-41-27/h7-12,14-17,20-21,23H,6,13,18-19,22H2,1-5H3,(H,44,45)(H2,37,38,39,40)/t23-/m0/s1. The highest BCUT2D eigenvalue weighted by molar-refractivity contribution is 6.99. The van der Waals surface area contributed by atoms with Crippen LogP contribution in [0.2, 0.25) is 10.2 Å². The highest BCUT2D eigenvalue weighted by Gasteiger charge is 2.50. The van der Waals surface area contributed by atoms with Crippen molar-refractivity contribution in [3.8, 4) is 5.75 Å². The minimum absolute atomic E-state index is 0.0558. The van der Waals surface area contributed by atoms with Crippen molar-refractivity contribution < 1.29 is 19.1 Å². The number of amides is 1. The number of nitrogens with zero attached hydrogens (tertiary/aromatic N) is 6. The lowest BCUT2D eigenvalue weighted by atomic mass is 10.1. The molecule has 1 amide bonds. The molecule has 0 bridgehead atoms. The predicted molar refractivity (Wildman–Crippen MR) is 190 cm³/mol. The Hall–Kier alpha value is -4.59. The minimum atomic E-state index is -2.73. The number of fused-ring (bicyclic) bond motifs is 1. The van der Waals surface area contributed by atoms with Gasteiger partial charge in [0.05, 0.1) is 19.9 Å². The SMILES string of the molecule is CCC[C@@H](CCO[Si](c1ccccc1)(c1ccccc1)C(C)(C)C)Nc1nc(NC(=O)O)nc2cnn(Cc3nnc(Cl)cc3OC)c12. The Bertz CT molecular complexity index is 1800. The summed E-state index contributed by atoms with van der Waals surface area (Å²) in [6.45, 7) is 9.59. The van der Waals surface area contributed by atoms with E-state index in [0.29, 0.717) is 41.3 Å². The smallest absolute Gasteiger partial charge is 0.411 e. The van der Waals surface area contributed by atoms with E-state index in [1.165, 1.54) is 17.5 Å². The van der Waals surface area contributed by atoms with Gasteiger partial charge in [-0.3, -0.25) is 10.00 Å². The van der Waals surface area contributed by atoms with E-state index in [1.54, 1.807) is 16.9 Å². The fraction of sp³-hybridized carbons (Fsp3) is 0.353. The van der Waals surface area contributed by atoms with Crippen LogP contribution in [0.4, 0.5) is 16.6 Å². The van der Waals surface area contributed by atoms with Crippen molar-refractivity contribution in [3.63, 3.8) is 0 Å². The number of hydrogen-bond acceptors (Lipinski definition) is 9. The largest absolute Gasteiger partial charge is 0.495 e. The van der Waals surface area contributed by atoms with Crippen molar-refractivity contribution in [2.24, 2.45) is 0 Å². The van der Waals surface area contributed by atoms with Crippen molar-refractivity contribution in [3.05, 3.63) is 83.8 Å². The molecule has 48 heavy (non-hydrogen) atoms. The van der Waals surface area contributed by atoms with Crippen LogP contribution in [-0.2, 0) is 11.0 Å². The summed E-state index contributed by atoms with van der Waals surface area (Å²) in [5, 5.41) is 30.5. The van der Waals surface area contributed by atoms with E-state index < -0.39 is 14.4 Å². The number of hydrogen-bond donors (Lipinski definition) is 3. The molecule has 0 aliphatic heterocycles. The highest BCUT2D eigenvalue weighted by Crippen LogP contribution is 2.37. The van der Waals surface area contributed by atoms with Crippen molar-refractivity contribution in [1.82, 2.24) is 29.9 Å². The van der Waals surface area contributed by atoms with Crippen LogP contribution >= 0.6 is 11.6 Å². The summed E-state index contributed by atoms with van der Waals surface area (Å²) >= 11 is 6.04. The summed E-state index contributed by atoms with van der Waals surface area (Å²) in [4.78, 5) is 20.5. The Kier molecular flexibility index (Phi) is 10.9. The van der Waals surface area contributed by atoms with Crippen LogP contribution in [0.3, 0.4) is 0 Å². The number of rotatable bonds is 14. The molecule has 0 unspecified atom stereocenters. The zero-order chi connectivity index (χ0) is 34.3. The average Bonchev–Trinajstić information content (AvgIpc) is 3.46. The molecule has 252 valence electrons. The first kappa shape index (κ1) is 34.7. The summed E-state index contributed by atoms with van der Waals surface area (Å²) < 4.78 is 14.3. The monoisotopic (exact) mass is 688 g/mol. The number of halogens is 1. The van der Waals surface area contributed by atoms with Gasteiger partial charge in [-0.2, -0.15) is 10.1 Å². The maximum absolute atomic E-state index is 11.6. The third-order valence-corrected chi connectivity index (χ3v) is 13.4. The Morgan fingerprint density at radius 1 is 1.02 bits per heavy atom. The van der Waals surface area contributed by atoms with Gasteiger partial charge in [0, 0.05) is 18.7 Å². The maximum Gasteiger partial charge on any atom is 0.411 e. The van der Waals surface area contributed by atoms with E-state index in [9.17, 15) is 9.90 Å². The van der Waals surface area contributed by atoms with Gasteiger partial charge in [-0.15, -0.1) is 10.2 Å². The number of carboxylic acid groups (broad SMARTS) is 1. The van der Waals surface area contributed by atoms with Crippen LogP contribution < -0.4 is 25.7 Å². The van der Waals surface area contributed by atoms with Crippen LogP contribution in [0, 0.1) is 0 Å². The number of nitrogens with one attached hydrogen (secondary N) is 2. The van der Waals surface area contributed by atoms with E-state index in [-0.39, 0.29) is 28.7 Å². The summed E-state index contributed by atoms with van der Waals surface area (Å²) in [7, 11) is -1.20. The first-order valence-corrected chi connectivity index (χ1v) is 18.2. The Balaban J connectivity index is 1.48. The van der Waals surface area contributed by atoms with Crippen LogP contribution in [0.15, 0.2) is 72.9 Å². The average molecular weight is 689 g/mol. The molecule has 5 rings (SSSR count). The zero-order valence-electron chi connectivity index (χ0n) is 27.8.